The second-order valence-electron chi connectivity index (χ2n) is 3.96. The van der Waals surface area contributed by atoms with E-state index < -0.39 is 48.8 Å². The van der Waals surface area contributed by atoms with Crippen LogP contribution in [0.1, 0.15) is 0 Å². The molecule has 0 spiro atoms. The average Bonchev–Trinajstić information content (AvgIpc) is 2.39. The quantitative estimate of drug-likeness (QED) is 0.845. The summed E-state index contributed by atoms with van der Waals surface area (Å²) in [6.07, 6.45) is 0. The molecular weight excluding hydrogens is 331 g/mol. The number of rotatable bonds is 3. The third kappa shape index (κ3) is 3.22. The molecular formula is C12H7ClF3NO3S. The van der Waals surface area contributed by atoms with Crippen molar-refractivity contribution in [1.29, 1.82) is 0 Å². The molecule has 0 atom stereocenters. The van der Waals surface area contributed by atoms with Crippen LogP contribution in [0.15, 0.2) is 35.2 Å². The van der Waals surface area contributed by atoms with Gasteiger partial charge in [0.15, 0.2) is 11.6 Å². The summed E-state index contributed by atoms with van der Waals surface area (Å²) in [5.74, 6) is -4.20. The predicted molar refractivity (Wildman–Crippen MR) is 70.2 cm³/mol. The maximum atomic E-state index is 13.1. The Morgan fingerprint density at radius 1 is 1.00 bits per heavy atom. The summed E-state index contributed by atoms with van der Waals surface area (Å²) in [6, 6.07) is 3.42. The topological polar surface area (TPSA) is 66.4 Å². The van der Waals surface area contributed by atoms with Gasteiger partial charge in [-0.15, -0.1) is 0 Å². The van der Waals surface area contributed by atoms with Gasteiger partial charge >= 0.3 is 0 Å². The van der Waals surface area contributed by atoms with Crippen molar-refractivity contribution < 1.29 is 26.7 Å². The molecule has 2 aromatic rings. The van der Waals surface area contributed by atoms with E-state index in [0.29, 0.717) is 18.2 Å². The monoisotopic (exact) mass is 337 g/mol. The fraction of sp³-hybridized carbons (Fsp3) is 0. The van der Waals surface area contributed by atoms with E-state index in [1.807, 2.05) is 4.72 Å². The fourth-order valence-electron chi connectivity index (χ4n) is 1.47. The van der Waals surface area contributed by atoms with E-state index in [0.717, 1.165) is 12.1 Å². The van der Waals surface area contributed by atoms with Crippen molar-refractivity contribution in [2.75, 3.05) is 4.72 Å². The van der Waals surface area contributed by atoms with Crippen LogP contribution >= 0.6 is 11.6 Å². The van der Waals surface area contributed by atoms with Gasteiger partial charge in [0.05, 0.1) is 15.6 Å². The molecule has 0 aliphatic rings. The third-order valence-corrected chi connectivity index (χ3v) is 4.14. The van der Waals surface area contributed by atoms with Gasteiger partial charge in [-0.2, -0.15) is 0 Å². The number of halogens is 4. The second-order valence-corrected chi connectivity index (χ2v) is 6.05. The maximum Gasteiger partial charge on any atom is 0.262 e. The summed E-state index contributed by atoms with van der Waals surface area (Å²) in [6.45, 7) is 0. The molecule has 0 fully saturated rings. The number of benzene rings is 2. The van der Waals surface area contributed by atoms with Crippen LogP contribution < -0.4 is 4.72 Å². The van der Waals surface area contributed by atoms with Gasteiger partial charge < -0.3 is 5.11 Å². The lowest BCUT2D eigenvalue weighted by Crippen LogP contribution is -2.13. The Bertz CT molecular complexity index is 812. The molecule has 112 valence electrons. The first-order chi connectivity index (χ1) is 9.70. The van der Waals surface area contributed by atoms with Crippen molar-refractivity contribution in [2.45, 2.75) is 4.90 Å². The Kier molecular flexibility index (Phi) is 4.02. The number of hydrogen-bond acceptors (Lipinski definition) is 3. The molecule has 2 aromatic carbocycles. The van der Waals surface area contributed by atoms with Gasteiger partial charge in [-0.25, -0.2) is 21.6 Å². The van der Waals surface area contributed by atoms with Crippen molar-refractivity contribution in [3.8, 4) is 5.75 Å². The number of aromatic hydroxyl groups is 1. The number of nitrogens with one attached hydrogen (secondary N) is 1. The first-order valence-corrected chi connectivity index (χ1v) is 7.22. The predicted octanol–water partition coefficient (Wildman–Crippen LogP) is 3.26. The van der Waals surface area contributed by atoms with Gasteiger partial charge in [-0.3, -0.25) is 4.72 Å². The minimum absolute atomic E-state index is 0.397. The number of phenolic OH excluding ortho intramolecular Hbond substituents is 1. The Labute approximate surface area is 122 Å². The molecule has 0 aliphatic heterocycles. The smallest absolute Gasteiger partial charge is 0.262 e. The molecule has 0 aliphatic carbocycles. The van der Waals surface area contributed by atoms with Crippen LogP contribution in [0.2, 0.25) is 5.02 Å². The molecule has 2 rings (SSSR count). The zero-order chi connectivity index (χ0) is 15.8. The highest BCUT2D eigenvalue weighted by molar-refractivity contribution is 7.92. The number of anilines is 1. The molecule has 0 saturated heterocycles. The molecule has 0 bridgehead atoms. The van der Waals surface area contributed by atoms with Crippen molar-refractivity contribution in [3.63, 3.8) is 0 Å². The third-order valence-electron chi connectivity index (χ3n) is 2.48. The number of phenols is 1. The van der Waals surface area contributed by atoms with E-state index in [1.165, 1.54) is 0 Å². The summed E-state index contributed by atoms with van der Waals surface area (Å²) in [4.78, 5) is -0.568. The van der Waals surface area contributed by atoms with Crippen LogP contribution in [0.5, 0.6) is 5.75 Å². The standard InChI is InChI=1S/C12H7ClF3NO3S/c13-7-4-11(12(18)5-9(7)15)17-21(19,20)6-1-2-8(14)10(16)3-6/h1-5,17-18H. The first kappa shape index (κ1) is 15.5. The molecule has 0 radical (unpaired) electrons. The Morgan fingerprint density at radius 2 is 1.67 bits per heavy atom. The van der Waals surface area contributed by atoms with Gasteiger partial charge in [0, 0.05) is 6.07 Å². The van der Waals surface area contributed by atoms with Crippen molar-refractivity contribution >= 4 is 27.3 Å². The highest BCUT2D eigenvalue weighted by atomic mass is 35.5. The first-order valence-electron chi connectivity index (χ1n) is 5.36. The molecule has 9 heteroatoms. The van der Waals surface area contributed by atoms with Gasteiger partial charge in [0.25, 0.3) is 10.0 Å². The minimum atomic E-state index is -4.30. The zero-order valence-corrected chi connectivity index (χ0v) is 11.6. The zero-order valence-electron chi connectivity index (χ0n) is 10.1. The van der Waals surface area contributed by atoms with E-state index in [2.05, 4.69) is 0 Å². The number of hydrogen-bond donors (Lipinski definition) is 2. The Hall–Kier alpha value is -1.93. The minimum Gasteiger partial charge on any atom is -0.506 e. The van der Waals surface area contributed by atoms with E-state index in [9.17, 15) is 26.7 Å². The summed E-state index contributed by atoms with van der Waals surface area (Å²) in [7, 11) is -4.30. The van der Waals surface area contributed by atoms with Gasteiger partial charge in [0.1, 0.15) is 11.6 Å². The van der Waals surface area contributed by atoms with Crippen molar-refractivity contribution in [3.05, 3.63) is 52.8 Å². The Morgan fingerprint density at radius 3 is 2.29 bits per heavy atom. The number of sulfonamides is 1. The summed E-state index contributed by atoms with van der Waals surface area (Å²) in [5.41, 5.74) is -0.397. The lowest BCUT2D eigenvalue weighted by Gasteiger charge is -2.10. The van der Waals surface area contributed by atoms with Crippen LogP contribution in [-0.2, 0) is 10.0 Å². The van der Waals surface area contributed by atoms with Crippen LogP contribution in [-0.4, -0.2) is 13.5 Å². The lowest BCUT2D eigenvalue weighted by molar-refractivity contribution is 0.471. The van der Waals surface area contributed by atoms with Gasteiger partial charge in [-0.05, 0) is 24.3 Å². The second kappa shape index (κ2) is 5.45. The molecule has 2 N–H and O–H groups in total. The van der Waals surface area contributed by atoms with E-state index >= 15 is 0 Å². The fourth-order valence-corrected chi connectivity index (χ4v) is 2.71. The van der Waals surface area contributed by atoms with E-state index in [4.69, 9.17) is 11.6 Å². The van der Waals surface area contributed by atoms with Crippen LogP contribution in [0.3, 0.4) is 0 Å². The summed E-state index contributed by atoms with van der Waals surface area (Å²) < 4.78 is 64.7. The average molecular weight is 338 g/mol. The Balaban J connectivity index is 2.42. The molecule has 4 nitrogen and oxygen atoms in total. The largest absolute Gasteiger partial charge is 0.506 e. The maximum absolute atomic E-state index is 13.1. The van der Waals surface area contributed by atoms with E-state index in [-0.39, 0.29) is 0 Å². The molecule has 0 amide bonds. The lowest BCUT2D eigenvalue weighted by atomic mass is 10.3. The van der Waals surface area contributed by atoms with Crippen LogP contribution in [0.4, 0.5) is 18.9 Å². The summed E-state index contributed by atoms with van der Waals surface area (Å²) >= 11 is 5.48. The molecule has 0 aromatic heterocycles. The van der Waals surface area contributed by atoms with E-state index in [1.54, 1.807) is 0 Å². The highest BCUT2D eigenvalue weighted by Gasteiger charge is 2.19. The summed E-state index contributed by atoms with van der Waals surface area (Å²) in [5, 5.41) is 9.04. The SMILES string of the molecule is O=S(=O)(Nc1cc(Cl)c(F)cc1O)c1ccc(F)c(F)c1. The van der Waals surface area contributed by atoms with Crippen molar-refractivity contribution in [1.82, 2.24) is 0 Å². The molecule has 0 unspecified atom stereocenters. The molecule has 21 heavy (non-hydrogen) atoms. The van der Waals surface area contributed by atoms with Crippen molar-refractivity contribution in [2.24, 2.45) is 0 Å². The van der Waals surface area contributed by atoms with Gasteiger partial charge in [0.2, 0.25) is 0 Å². The van der Waals surface area contributed by atoms with Gasteiger partial charge in [-0.1, -0.05) is 11.6 Å². The normalized spacial score (nSPS) is 11.4. The van der Waals surface area contributed by atoms with Crippen LogP contribution in [0.25, 0.3) is 0 Å². The molecule has 0 saturated carbocycles. The highest BCUT2D eigenvalue weighted by Crippen LogP contribution is 2.31. The van der Waals surface area contributed by atoms with Crippen LogP contribution in [0, 0.1) is 17.5 Å². The molecule has 0 heterocycles.